The van der Waals surface area contributed by atoms with Crippen LogP contribution in [0.5, 0.6) is 11.5 Å². The Morgan fingerprint density at radius 3 is 2.53 bits per heavy atom. The van der Waals surface area contributed by atoms with E-state index in [0.29, 0.717) is 25.6 Å². The number of aromatic carboxylic acids is 1. The molecule has 0 amide bonds. The largest absolute Gasteiger partial charge is 0.497 e. The van der Waals surface area contributed by atoms with Gasteiger partial charge in [-0.25, -0.2) is 4.79 Å². The molecule has 0 fully saturated rings. The number of hydrogen-bond donors (Lipinski definition) is 1. The van der Waals surface area contributed by atoms with Gasteiger partial charge in [-0.2, -0.15) is 0 Å². The highest BCUT2D eigenvalue weighted by atomic mass is 16.5. The highest BCUT2D eigenvalue weighted by Gasteiger charge is 2.12. The smallest absolute Gasteiger partial charge is 0.339 e. The zero-order valence-electron chi connectivity index (χ0n) is 11.0. The van der Waals surface area contributed by atoms with Crippen molar-refractivity contribution in [1.29, 1.82) is 0 Å². The van der Waals surface area contributed by atoms with Gasteiger partial charge in [-0.3, -0.25) is 0 Å². The lowest BCUT2D eigenvalue weighted by Crippen LogP contribution is -2.11. The predicted octanol–water partition coefficient (Wildman–Crippen LogP) is 1.44. The first-order chi connectivity index (χ1) is 9.19. The summed E-state index contributed by atoms with van der Waals surface area (Å²) in [7, 11) is 3.10. The fourth-order valence-electron chi connectivity index (χ4n) is 1.38. The Morgan fingerprint density at radius 2 is 1.89 bits per heavy atom. The second-order valence-corrected chi connectivity index (χ2v) is 3.62. The van der Waals surface area contributed by atoms with Crippen molar-refractivity contribution < 1.29 is 28.8 Å². The van der Waals surface area contributed by atoms with Crippen molar-refractivity contribution in [2.75, 3.05) is 40.6 Å². The van der Waals surface area contributed by atoms with Crippen molar-refractivity contribution in [3.8, 4) is 11.5 Å². The highest BCUT2D eigenvalue weighted by Crippen LogP contribution is 2.24. The molecule has 0 aliphatic carbocycles. The molecule has 0 aliphatic rings. The average Bonchev–Trinajstić information content (AvgIpc) is 2.42. The van der Waals surface area contributed by atoms with Crippen molar-refractivity contribution in [3.63, 3.8) is 0 Å². The van der Waals surface area contributed by atoms with Crippen LogP contribution in [0.25, 0.3) is 0 Å². The summed E-state index contributed by atoms with van der Waals surface area (Å²) >= 11 is 0. The number of ether oxygens (including phenoxy) is 4. The minimum atomic E-state index is -1.04. The molecule has 0 heterocycles. The van der Waals surface area contributed by atoms with Gasteiger partial charge in [0.25, 0.3) is 0 Å². The molecule has 6 heteroatoms. The normalized spacial score (nSPS) is 10.2. The Balaban J connectivity index is 2.52. The average molecular weight is 270 g/mol. The maximum Gasteiger partial charge on any atom is 0.339 e. The molecule has 0 aliphatic heterocycles. The van der Waals surface area contributed by atoms with E-state index in [4.69, 9.17) is 24.1 Å². The van der Waals surface area contributed by atoms with Crippen LogP contribution in [-0.2, 0) is 9.47 Å². The molecule has 1 aromatic carbocycles. The van der Waals surface area contributed by atoms with Crippen LogP contribution >= 0.6 is 0 Å². The first-order valence-corrected chi connectivity index (χ1v) is 5.80. The summed E-state index contributed by atoms with van der Waals surface area (Å²) < 4.78 is 20.5. The van der Waals surface area contributed by atoms with Gasteiger partial charge in [0.15, 0.2) is 0 Å². The Bertz CT molecular complexity index is 404. The molecule has 106 valence electrons. The van der Waals surface area contributed by atoms with Crippen LogP contribution in [-0.4, -0.2) is 51.7 Å². The molecule has 0 atom stereocenters. The maximum absolute atomic E-state index is 11.0. The lowest BCUT2D eigenvalue weighted by Gasteiger charge is -2.11. The zero-order valence-corrected chi connectivity index (χ0v) is 11.0. The van der Waals surface area contributed by atoms with Gasteiger partial charge in [0.1, 0.15) is 23.7 Å². The number of benzene rings is 1. The zero-order chi connectivity index (χ0) is 14.1. The molecule has 0 radical (unpaired) electrons. The first-order valence-electron chi connectivity index (χ1n) is 5.80. The third kappa shape index (κ3) is 5.15. The van der Waals surface area contributed by atoms with E-state index in [2.05, 4.69) is 0 Å². The molecule has 0 spiro atoms. The summed E-state index contributed by atoms with van der Waals surface area (Å²) in [5.74, 6) is -0.236. The van der Waals surface area contributed by atoms with Gasteiger partial charge < -0.3 is 24.1 Å². The molecular weight excluding hydrogens is 252 g/mol. The lowest BCUT2D eigenvalue weighted by atomic mass is 10.2. The molecule has 6 nitrogen and oxygen atoms in total. The minimum absolute atomic E-state index is 0.0951. The summed E-state index contributed by atoms with van der Waals surface area (Å²) in [6, 6.07) is 4.56. The van der Waals surface area contributed by atoms with Gasteiger partial charge in [0, 0.05) is 13.2 Å². The van der Waals surface area contributed by atoms with Crippen molar-refractivity contribution >= 4 is 5.97 Å². The monoisotopic (exact) mass is 270 g/mol. The van der Waals surface area contributed by atoms with Crippen molar-refractivity contribution in [2.45, 2.75) is 0 Å². The Kier molecular flexibility index (Phi) is 6.70. The van der Waals surface area contributed by atoms with Crippen LogP contribution < -0.4 is 9.47 Å². The summed E-state index contributed by atoms with van der Waals surface area (Å²) in [5, 5.41) is 9.03. The van der Waals surface area contributed by atoms with Gasteiger partial charge >= 0.3 is 5.97 Å². The summed E-state index contributed by atoms with van der Waals surface area (Å²) in [4.78, 5) is 11.0. The SMILES string of the molecule is COCCOCCOc1cc(OC)ccc1C(=O)O. The van der Waals surface area contributed by atoms with Crippen LogP contribution in [0, 0.1) is 0 Å². The number of carbonyl (C=O) groups is 1. The Labute approximate surface area is 111 Å². The van der Waals surface area contributed by atoms with Gasteiger partial charge in [0.05, 0.1) is 26.9 Å². The molecule has 0 unspecified atom stereocenters. The maximum atomic E-state index is 11.0. The van der Waals surface area contributed by atoms with Gasteiger partial charge in [-0.1, -0.05) is 0 Å². The van der Waals surface area contributed by atoms with Gasteiger partial charge in [-0.05, 0) is 12.1 Å². The van der Waals surface area contributed by atoms with Gasteiger partial charge in [0.2, 0.25) is 0 Å². The van der Waals surface area contributed by atoms with E-state index in [9.17, 15) is 4.79 Å². The number of methoxy groups -OCH3 is 2. The lowest BCUT2D eigenvalue weighted by molar-refractivity contribution is 0.0535. The van der Waals surface area contributed by atoms with Crippen molar-refractivity contribution in [1.82, 2.24) is 0 Å². The van der Waals surface area contributed by atoms with E-state index < -0.39 is 5.97 Å². The van der Waals surface area contributed by atoms with E-state index in [0.717, 1.165) is 0 Å². The number of carboxylic acids is 1. The van der Waals surface area contributed by atoms with Crippen LogP contribution in [0.2, 0.25) is 0 Å². The van der Waals surface area contributed by atoms with Crippen LogP contribution in [0.1, 0.15) is 10.4 Å². The third-order valence-electron chi connectivity index (χ3n) is 2.34. The molecule has 1 aromatic rings. The van der Waals surface area contributed by atoms with E-state index in [1.807, 2.05) is 0 Å². The van der Waals surface area contributed by atoms with E-state index >= 15 is 0 Å². The Hall–Kier alpha value is -1.79. The third-order valence-corrected chi connectivity index (χ3v) is 2.34. The molecule has 0 bridgehead atoms. The minimum Gasteiger partial charge on any atom is -0.497 e. The van der Waals surface area contributed by atoms with Gasteiger partial charge in [-0.15, -0.1) is 0 Å². The van der Waals surface area contributed by atoms with Crippen molar-refractivity contribution in [2.24, 2.45) is 0 Å². The fourth-order valence-corrected chi connectivity index (χ4v) is 1.38. The van der Waals surface area contributed by atoms with Crippen LogP contribution in [0.3, 0.4) is 0 Å². The van der Waals surface area contributed by atoms with Crippen LogP contribution in [0.15, 0.2) is 18.2 Å². The molecule has 0 saturated heterocycles. The van der Waals surface area contributed by atoms with E-state index in [1.54, 1.807) is 19.2 Å². The summed E-state index contributed by atoms with van der Waals surface area (Å²) in [6.45, 7) is 1.61. The number of rotatable bonds is 9. The van der Waals surface area contributed by atoms with Crippen LogP contribution in [0.4, 0.5) is 0 Å². The predicted molar refractivity (Wildman–Crippen MR) is 68.1 cm³/mol. The molecule has 19 heavy (non-hydrogen) atoms. The Morgan fingerprint density at radius 1 is 1.16 bits per heavy atom. The second kappa shape index (κ2) is 8.34. The second-order valence-electron chi connectivity index (χ2n) is 3.62. The van der Waals surface area contributed by atoms with E-state index in [1.165, 1.54) is 13.2 Å². The topological polar surface area (TPSA) is 74.2 Å². The quantitative estimate of drug-likeness (QED) is 0.684. The van der Waals surface area contributed by atoms with E-state index in [-0.39, 0.29) is 17.9 Å². The summed E-state index contributed by atoms with van der Waals surface area (Å²) in [5.41, 5.74) is 0.0951. The first kappa shape index (κ1) is 15.3. The highest BCUT2D eigenvalue weighted by molar-refractivity contribution is 5.91. The molecule has 0 saturated carbocycles. The van der Waals surface area contributed by atoms with Crippen molar-refractivity contribution in [3.05, 3.63) is 23.8 Å². The standard InChI is InChI=1S/C13H18O6/c1-16-5-6-18-7-8-19-12-9-10(17-2)3-4-11(12)13(14)15/h3-4,9H,5-8H2,1-2H3,(H,14,15). The molecule has 1 N–H and O–H groups in total. The number of hydrogen-bond acceptors (Lipinski definition) is 5. The molecular formula is C13H18O6. The molecule has 0 aromatic heterocycles. The fraction of sp³-hybridized carbons (Fsp3) is 0.462. The summed E-state index contributed by atoms with van der Waals surface area (Å²) in [6.07, 6.45) is 0. The molecule has 1 rings (SSSR count). The number of carboxylic acid groups (broad SMARTS) is 1.